The van der Waals surface area contributed by atoms with E-state index in [0.29, 0.717) is 19.0 Å². The molecule has 0 bridgehead atoms. The van der Waals surface area contributed by atoms with Gasteiger partial charge in [0.15, 0.2) is 5.82 Å². The highest BCUT2D eigenvalue weighted by Crippen LogP contribution is 2.33. The van der Waals surface area contributed by atoms with E-state index in [1.54, 1.807) is 0 Å². The summed E-state index contributed by atoms with van der Waals surface area (Å²) in [6.45, 7) is 5.07. The van der Waals surface area contributed by atoms with Crippen LogP contribution in [0.25, 0.3) is 0 Å². The van der Waals surface area contributed by atoms with Gasteiger partial charge in [0.1, 0.15) is 0 Å². The van der Waals surface area contributed by atoms with Gasteiger partial charge >= 0.3 is 6.18 Å². The normalized spacial score (nSPS) is 20.9. The Morgan fingerprint density at radius 2 is 2.00 bits per heavy atom. The van der Waals surface area contributed by atoms with E-state index in [-0.39, 0.29) is 18.6 Å². The molecule has 0 fully saturated rings. The standard InChI is InChI=1S/C11H17F3N4O/c1-7(2)17-4-5-18-9(8(17)6-19-3)15-16-10(18)11(12,13)14/h7-8H,4-6H2,1-3H3. The summed E-state index contributed by atoms with van der Waals surface area (Å²) < 4.78 is 44.7. The third kappa shape index (κ3) is 2.59. The molecule has 0 N–H and O–H groups in total. The van der Waals surface area contributed by atoms with Gasteiger partial charge in [-0.05, 0) is 13.8 Å². The minimum Gasteiger partial charge on any atom is -0.383 e. The lowest BCUT2D eigenvalue weighted by Crippen LogP contribution is -2.44. The summed E-state index contributed by atoms with van der Waals surface area (Å²) in [5.74, 6) is -0.596. The van der Waals surface area contributed by atoms with Gasteiger partial charge in [0, 0.05) is 26.2 Å². The van der Waals surface area contributed by atoms with Crippen LogP contribution in [0.2, 0.25) is 0 Å². The smallest absolute Gasteiger partial charge is 0.383 e. The summed E-state index contributed by atoms with van der Waals surface area (Å²) in [7, 11) is 1.53. The molecule has 1 aromatic heterocycles. The molecule has 108 valence electrons. The molecule has 2 heterocycles. The Labute approximate surface area is 109 Å². The van der Waals surface area contributed by atoms with Gasteiger partial charge in [-0.2, -0.15) is 13.2 Å². The molecule has 19 heavy (non-hydrogen) atoms. The Hall–Kier alpha value is -1.15. The maximum absolute atomic E-state index is 12.8. The molecular formula is C11H17F3N4O. The number of halogens is 3. The van der Waals surface area contributed by atoms with Gasteiger partial charge in [-0.1, -0.05) is 0 Å². The molecule has 0 amide bonds. The SMILES string of the molecule is COCC1c2nnc(C(F)(F)F)n2CCN1C(C)C. The predicted octanol–water partition coefficient (Wildman–Crippen LogP) is 1.71. The van der Waals surface area contributed by atoms with Crippen LogP contribution < -0.4 is 0 Å². The number of fused-ring (bicyclic) bond motifs is 1. The van der Waals surface area contributed by atoms with Crippen LogP contribution in [-0.2, 0) is 17.5 Å². The summed E-state index contributed by atoms with van der Waals surface area (Å²) in [4.78, 5) is 2.08. The summed E-state index contributed by atoms with van der Waals surface area (Å²) >= 11 is 0. The molecule has 0 aromatic carbocycles. The fourth-order valence-electron chi connectivity index (χ4n) is 2.46. The van der Waals surface area contributed by atoms with Crippen LogP contribution in [0.4, 0.5) is 13.2 Å². The van der Waals surface area contributed by atoms with E-state index in [4.69, 9.17) is 4.74 Å². The van der Waals surface area contributed by atoms with E-state index >= 15 is 0 Å². The van der Waals surface area contributed by atoms with Crippen molar-refractivity contribution in [2.75, 3.05) is 20.3 Å². The van der Waals surface area contributed by atoms with Crippen LogP contribution in [0.3, 0.4) is 0 Å². The molecule has 0 radical (unpaired) electrons. The van der Waals surface area contributed by atoms with Crippen LogP contribution in [0, 0.1) is 0 Å². The third-order valence-corrected chi connectivity index (χ3v) is 3.30. The van der Waals surface area contributed by atoms with Gasteiger partial charge in [-0.15, -0.1) is 10.2 Å². The van der Waals surface area contributed by atoms with Crippen molar-refractivity contribution >= 4 is 0 Å². The number of nitrogens with zero attached hydrogens (tertiary/aromatic N) is 4. The highest BCUT2D eigenvalue weighted by molar-refractivity contribution is 5.08. The van der Waals surface area contributed by atoms with Crippen molar-refractivity contribution < 1.29 is 17.9 Å². The van der Waals surface area contributed by atoms with Gasteiger partial charge in [0.25, 0.3) is 0 Å². The van der Waals surface area contributed by atoms with Crippen molar-refractivity contribution in [2.45, 2.75) is 38.7 Å². The Morgan fingerprint density at radius 1 is 1.32 bits per heavy atom. The number of methoxy groups -OCH3 is 1. The summed E-state index contributed by atoms with van der Waals surface area (Å²) in [5.41, 5.74) is 0. The average Bonchev–Trinajstić information content (AvgIpc) is 2.72. The third-order valence-electron chi connectivity index (χ3n) is 3.30. The van der Waals surface area contributed by atoms with E-state index in [0.717, 1.165) is 4.57 Å². The first-order valence-electron chi connectivity index (χ1n) is 6.11. The van der Waals surface area contributed by atoms with Crippen molar-refractivity contribution in [3.8, 4) is 0 Å². The molecule has 0 saturated heterocycles. The quantitative estimate of drug-likeness (QED) is 0.844. The van der Waals surface area contributed by atoms with Gasteiger partial charge in [-0.3, -0.25) is 4.90 Å². The predicted molar refractivity (Wildman–Crippen MR) is 61.5 cm³/mol. The summed E-state index contributed by atoms with van der Waals surface area (Å²) in [5, 5.41) is 7.03. The van der Waals surface area contributed by atoms with Gasteiger partial charge < -0.3 is 9.30 Å². The topological polar surface area (TPSA) is 43.2 Å². The fraction of sp³-hybridized carbons (Fsp3) is 0.818. The zero-order valence-corrected chi connectivity index (χ0v) is 11.1. The van der Waals surface area contributed by atoms with Gasteiger partial charge in [0.05, 0.1) is 12.6 Å². The van der Waals surface area contributed by atoms with Crippen LogP contribution in [0.15, 0.2) is 0 Å². The van der Waals surface area contributed by atoms with Crippen molar-refractivity contribution in [3.05, 3.63) is 11.6 Å². The molecule has 0 aliphatic carbocycles. The highest BCUT2D eigenvalue weighted by atomic mass is 19.4. The molecule has 1 atom stereocenters. The van der Waals surface area contributed by atoms with Crippen molar-refractivity contribution in [1.29, 1.82) is 0 Å². The molecule has 1 aliphatic rings. The Balaban J connectivity index is 2.39. The van der Waals surface area contributed by atoms with Crippen LogP contribution in [0.5, 0.6) is 0 Å². The second-order valence-electron chi connectivity index (χ2n) is 4.83. The Morgan fingerprint density at radius 3 is 2.53 bits per heavy atom. The van der Waals surface area contributed by atoms with Crippen molar-refractivity contribution in [3.63, 3.8) is 0 Å². The number of alkyl halides is 3. The molecule has 0 saturated carbocycles. The molecule has 1 aromatic rings. The maximum atomic E-state index is 12.8. The highest BCUT2D eigenvalue weighted by Gasteiger charge is 2.42. The van der Waals surface area contributed by atoms with Crippen LogP contribution in [0.1, 0.15) is 31.5 Å². The van der Waals surface area contributed by atoms with Crippen molar-refractivity contribution in [2.24, 2.45) is 0 Å². The first-order chi connectivity index (χ1) is 8.86. The zero-order valence-electron chi connectivity index (χ0n) is 11.1. The van der Waals surface area contributed by atoms with E-state index in [9.17, 15) is 13.2 Å². The van der Waals surface area contributed by atoms with Crippen LogP contribution >= 0.6 is 0 Å². The first-order valence-corrected chi connectivity index (χ1v) is 6.11. The van der Waals surface area contributed by atoms with E-state index in [1.807, 2.05) is 13.8 Å². The molecule has 5 nitrogen and oxygen atoms in total. The van der Waals surface area contributed by atoms with Crippen LogP contribution in [-0.4, -0.2) is 46.0 Å². The minimum atomic E-state index is -4.47. The number of aromatic nitrogens is 3. The lowest BCUT2D eigenvalue weighted by molar-refractivity contribution is -0.148. The molecule has 1 aliphatic heterocycles. The number of rotatable bonds is 3. The van der Waals surface area contributed by atoms with Gasteiger partial charge in [0.2, 0.25) is 5.82 Å². The molecule has 0 spiro atoms. The maximum Gasteiger partial charge on any atom is 0.451 e. The zero-order chi connectivity index (χ0) is 14.2. The Bertz CT molecular complexity index is 444. The van der Waals surface area contributed by atoms with Crippen molar-refractivity contribution in [1.82, 2.24) is 19.7 Å². The average molecular weight is 278 g/mol. The van der Waals surface area contributed by atoms with E-state index < -0.39 is 12.0 Å². The van der Waals surface area contributed by atoms with Gasteiger partial charge in [-0.25, -0.2) is 0 Å². The number of ether oxygens (including phenoxy) is 1. The lowest BCUT2D eigenvalue weighted by Gasteiger charge is -2.38. The summed E-state index contributed by atoms with van der Waals surface area (Å²) in [6, 6.07) is -0.0812. The monoisotopic (exact) mass is 278 g/mol. The first kappa shape index (κ1) is 14.3. The minimum absolute atomic E-state index is 0.208. The second kappa shape index (κ2) is 5.09. The molecule has 1 unspecified atom stereocenters. The summed E-state index contributed by atoms with van der Waals surface area (Å²) in [6.07, 6.45) is -4.47. The molecule has 2 rings (SSSR count). The second-order valence-corrected chi connectivity index (χ2v) is 4.83. The molecular weight excluding hydrogens is 261 g/mol. The number of hydrogen-bond acceptors (Lipinski definition) is 4. The fourth-order valence-corrected chi connectivity index (χ4v) is 2.46. The van der Waals surface area contributed by atoms with E-state index in [1.165, 1.54) is 7.11 Å². The Kier molecular flexibility index (Phi) is 3.82. The lowest BCUT2D eigenvalue weighted by atomic mass is 10.1. The van der Waals surface area contributed by atoms with E-state index in [2.05, 4.69) is 15.1 Å². The molecule has 8 heteroatoms. The number of hydrogen-bond donors (Lipinski definition) is 0. The largest absolute Gasteiger partial charge is 0.451 e.